The lowest BCUT2D eigenvalue weighted by Crippen LogP contribution is -2.43. The molecule has 0 aromatic carbocycles. The Morgan fingerprint density at radius 1 is 1.45 bits per heavy atom. The highest BCUT2D eigenvalue weighted by Gasteiger charge is 2.32. The van der Waals surface area contributed by atoms with Gasteiger partial charge in [0, 0.05) is 20.1 Å². The molecule has 0 spiro atoms. The molecule has 120 valence electrons. The zero-order chi connectivity index (χ0) is 16.3. The van der Waals surface area contributed by atoms with Crippen LogP contribution in [0.1, 0.15) is 40.6 Å². The van der Waals surface area contributed by atoms with Crippen molar-refractivity contribution in [3.8, 4) is 0 Å². The maximum Gasteiger partial charge on any atom is 0.354 e. The van der Waals surface area contributed by atoms with Crippen LogP contribution < -0.4 is 0 Å². The van der Waals surface area contributed by atoms with E-state index in [4.69, 9.17) is 4.74 Å². The van der Waals surface area contributed by atoms with E-state index < -0.39 is 11.9 Å². The quantitative estimate of drug-likeness (QED) is 0.814. The Hall–Kier alpha value is -2.38. The van der Waals surface area contributed by atoms with Crippen LogP contribution in [0.5, 0.6) is 0 Å². The van der Waals surface area contributed by atoms with E-state index in [1.807, 2.05) is 0 Å². The van der Waals surface area contributed by atoms with E-state index in [-0.39, 0.29) is 29.7 Å². The maximum absolute atomic E-state index is 12.5. The number of ether oxygens (including phenoxy) is 1. The van der Waals surface area contributed by atoms with Crippen molar-refractivity contribution >= 4 is 17.8 Å². The van der Waals surface area contributed by atoms with Crippen LogP contribution >= 0.6 is 0 Å². The van der Waals surface area contributed by atoms with Crippen molar-refractivity contribution in [3.05, 3.63) is 17.5 Å². The van der Waals surface area contributed by atoms with E-state index in [1.165, 1.54) is 18.1 Å². The molecule has 1 unspecified atom stereocenters. The fourth-order valence-electron chi connectivity index (χ4n) is 2.63. The third-order valence-corrected chi connectivity index (χ3v) is 3.70. The van der Waals surface area contributed by atoms with Crippen LogP contribution in [0.2, 0.25) is 0 Å². The van der Waals surface area contributed by atoms with Crippen LogP contribution in [0, 0.1) is 5.92 Å². The standard InChI is InChI=1S/C14H19N3O5/c1-3-22-14(21)9-5-4-6-17(8-9)12(18)10-7-15-16(2)11(10)13(19)20/h7,9H,3-6,8H2,1-2H3,(H,19,20). The third-order valence-electron chi connectivity index (χ3n) is 3.70. The van der Waals surface area contributed by atoms with Crippen molar-refractivity contribution in [2.45, 2.75) is 19.8 Å². The summed E-state index contributed by atoms with van der Waals surface area (Å²) in [5, 5.41) is 13.0. The second kappa shape index (κ2) is 6.59. The number of amides is 1. The lowest BCUT2D eigenvalue weighted by atomic mass is 9.97. The number of aryl methyl sites for hydroxylation is 1. The molecule has 1 N–H and O–H groups in total. The average molecular weight is 309 g/mol. The summed E-state index contributed by atoms with van der Waals surface area (Å²) in [4.78, 5) is 37.1. The Morgan fingerprint density at radius 3 is 2.82 bits per heavy atom. The number of esters is 1. The molecule has 0 aliphatic carbocycles. The molecule has 1 aliphatic heterocycles. The van der Waals surface area contributed by atoms with Gasteiger partial charge in [0.05, 0.1) is 24.3 Å². The first-order chi connectivity index (χ1) is 10.5. The molecular formula is C14H19N3O5. The largest absolute Gasteiger partial charge is 0.477 e. The van der Waals surface area contributed by atoms with Crippen LogP contribution in [-0.4, -0.2) is 57.3 Å². The minimum absolute atomic E-state index is 0.0412. The molecule has 1 saturated heterocycles. The molecule has 0 radical (unpaired) electrons. The van der Waals surface area contributed by atoms with Crippen molar-refractivity contribution in [2.75, 3.05) is 19.7 Å². The highest BCUT2D eigenvalue weighted by atomic mass is 16.5. The first kappa shape index (κ1) is 16.0. The predicted octanol–water partition coefficient (Wildman–Crippen LogP) is 0.534. The molecule has 1 fully saturated rings. The van der Waals surface area contributed by atoms with Gasteiger partial charge in [-0.15, -0.1) is 0 Å². The third kappa shape index (κ3) is 3.10. The monoisotopic (exact) mass is 309 g/mol. The minimum atomic E-state index is -1.21. The number of piperidine rings is 1. The molecule has 22 heavy (non-hydrogen) atoms. The number of carbonyl (C=O) groups excluding carboxylic acids is 2. The Morgan fingerprint density at radius 2 is 2.18 bits per heavy atom. The van der Waals surface area contributed by atoms with E-state index in [2.05, 4.69) is 5.10 Å². The summed E-state index contributed by atoms with van der Waals surface area (Å²) < 4.78 is 6.15. The van der Waals surface area contributed by atoms with Gasteiger partial charge in [0.1, 0.15) is 0 Å². The predicted molar refractivity (Wildman–Crippen MR) is 75.4 cm³/mol. The molecule has 1 aromatic heterocycles. The fraction of sp³-hybridized carbons (Fsp3) is 0.571. The summed E-state index contributed by atoms with van der Waals surface area (Å²) in [5.74, 6) is -2.30. The highest BCUT2D eigenvalue weighted by molar-refractivity contribution is 6.03. The number of aromatic nitrogens is 2. The minimum Gasteiger partial charge on any atom is -0.477 e. The van der Waals surface area contributed by atoms with Crippen LogP contribution in [0.15, 0.2) is 6.20 Å². The number of carboxylic acid groups (broad SMARTS) is 1. The number of likely N-dealkylation sites (tertiary alicyclic amines) is 1. The lowest BCUT2D eigenvalue weighted by molar-refractivity contribution is -0.149. The molecule has 1 amide bonds. The first-order valence-electron chi connectivity index (χ1n) is 7.16. The smallest absolute Gasteiger partial charge is 0.354 e. The van der Waals surface area contributed by atoms with Crippen molar-refractivity contribution < 1.29 is 24.2 Å². The van der Waals surface area contributed by atoms with Crippen molar-refractivity contribution in [1.82, 2.24) is 14.7 Å². The Kier molecular flexibility index (Phi) is 4.79. The molecule has 0 bridgehead atoms. The molecule has 0 saturated carbocycles. The van der Waals surface area contributed by atoms with Crippen LogP contribution in [0.4, 0.5) is 0 Å². The summed E-state index contributed by atoms with van der Waals surface area (Å²) >= 11 is 0. The van der Waals surface area contributed by atoms with Gasteiger partial charge < -0.3 is 14.7 Å². The molecule has 1 aliphatic rings. The van der Waals surface area contributed by atoms with Crippen LogP contribution in [0.3, 0.4) is 0 Å². The van der Waals surface area contributed by atoms with Crippen molar-refractivity contribution in [2.24, 2.45) is 13.0 Å². The van der Waals surface area contributed by atoms with Gasteiger partial charge >= 0.3 is 11.9 Å². The Bertz CT molecular complexity index is 595. The van der Waals surface area contributed by atoms with E-state index in [0.29, 0.717) is 26.0 Å². The van der Waals surface area contributed by atoms with Gasteiger partial charge in [0.25, 0.3) is 5.91 Å². The van der Waals surface area contributed by atoms with Crippen LogP contribution in [-0.2, 0) is 16.6 Å². The molecule has 1 atom stereocenters. The lowest BCUT2D eigenvalue weighted by Gasteiger charge is -2.31. The first-order valence-corrected chi connectivity index (χ1v) is 7.16. The zero-order valence-electron chi connectivity index (χ0n) is 12.6. The number of nitrogens with zero attached hydrogens (tertiary/aromatic N) is 3. The van der Waals surface area contributed by atoms with Gasteiger partial charge in [-0.25, -0.2) is 4.79 Å². The number of hydrogen-bond acceptors (Lipinski definition) is 5. The Labute approximate surface area is 127 Å². The number of carboxylic acids is 1. The molecular weight excluding hydrogens is 290 g/mol. The van der Waals surface area contributed by atoms with E-state index >= 15 is 0 Å². The van der Waals surface area contributed by atoms with Gasteiger partial charge in [0.2, 0.25) is 0 Å². The molecule has 8 nitrogen and oxygen atoms in total. The summed E-state index contributed by atoms with van der Waals surface area (Å²) in [5.41, 5.74) is -0.109. The van der Waals surface area contributed by atoms with E-state index in [0.717, 1.165) is 4.68 Å². The van der Waals surface area contributed by atoms with Crippen LogP contribution in [0.25, 0.3) is 0 Å². The zero-order valence-corrected chi connectivity index (χ0v) is 12.6. The van der Waals surface area contributed by atoms with Crippen molar-refractivity contribution in [3.63, 3.8) is 0 Å². The second-order valence-electron chi connectivity index (χ2n) is 5.18. The van der Waals surface area contributed by atoms with Gasteiger partial charge in [0.15, 0.2) is 5.69 Å². The van der Waals surface area contributed by atoms with Gasteiger partial charge in [-0.2, -0.15) is 5.10 Å². The maximum atomic E-state index is 12.5. The summed E-state index contributed by atoms with van der Waals surface area (Å²) in [7, 11) is 1.47. The average Bonchev–Trinajstić information content (AvgIpc) is 2.88. The topological polar surface area (TPSA) is 102 Å². The van der Waals surface area contributed by atoms with Crippen molar-refractivity contribution in [1.29, 1.82) is 0 Å². The summed E-state index contributed by atoms with van der Waals surface area (Å²) in [6.07, 6.45) is 2.60. The molecule has 2 heterocycles. The normalized spacial score (nSPS) is 18.1. The van der Waals surface area contributed by atoms with E-state index in [1.54, 1.807) is 6.92 Å². The molecule has 8 heteroatoms. The molecule has 1 aromatic rings. The van der Waals surface area contributed by atoms with Gasteiger partial charge in [-0.1, -0.05) is 0 Å². The number of aromatic carboxylic acids is 1. The number of rotatable bonds is 4. The van der Waals surface area contributed by atoms with E-state index in [9.17, 15) is 19.5 Å². The summed E-state index contributed by atoms with van der Waals surface area (Å²) in [6, 6.07) is 0. The highest BCUT2D eigenvalue weighted by Crippen LogP contribution is 2.21. The fourth-order valence-corrected chi connectivity index (χ4v) is 2.63. The van der Waals surface area contributed by atoms with Gasteiger partial charge in [-0.3, -0.25) is 14.3 Å². The molecule has 2 rings (SSSR count). The second-order valence-corrected chi connectivity index (χ2v) is 5.18. The van der Waals surface area contributed by atoms with Gasteiger partial charge in [-0.05, 0) is 19.8 Å². The SMILES string of the molecule is CCOC(=O)C1CCCN(C(=O)c2cnn(C)c2C(=O)O)C1. The summed E-state index contributed by atoms with van der Waals surface area (Å²) in [6.45, 7) is 2.77. The number of carbonyl (C=O) groups is 3. The number of hydrogen-bond donors (Lipinski definition) is 1. The Balaban J connectivity index is 2.16.